The summed E-state index contributed by atoms with van der Waals surface area (Å²) in [5.74, 6) is -1.45. The van der Waals surface area contributed by atoms with Crippen molar-refractivity contribution in [2.24, 2.45) is 5.41 Å². The van der Waals surface area contributed by atoms with Gasteiger partial charge in [-0.2, -0.15) is 4.31 Å². The number of nitrogen functional groups attached to an aromatic ring is 1. The molecule has 0 spiro atoms. The van der Waals surface area contributed by atoms with Gasteiger partial charge in [0.1, 0.15) is 42.0 Å². The number of allylic oxidation sites excluding steroid dienone is 2. The molecule has 1 fully saturated rings. The number of unbranched alkanes of at least 4 members (excludes halogenated alkanes) is 7. The molecule has 10 N–H and O–H groups in total. The number of ether oxygens (including phenoxy) is 1. The van der Waals surface area contributed by atoms with Gasteiger partial charge >= 0.3 is 23.5 Å². The van der Waals surface area contributed by atoms with Crippen LogP contribution in [0.4, 0.5) is 5.82 Å². The van der Waals surface area contributed by atoms with Gasteiger partial charge in [0.25, 0.3) is 0 Å². The molecule has 0 radical (unpaired) electrons. The van der Waals surface area contributed by atoms with Crippen LogP contribution in [0.25, 0.3) is 11.2 Å². The molecule has 2 amide bonds. The number of amides is 2. The molecule has 1 aliphatic rings. The number of nitrogens with two attached hydrogens (primary N) is 1. The SMILES string of the molecule is CCCCCCCC/C=C\CCCC(=O)CC(=O)SCCNC(=O)CCNC(=O)[C@H](O)C(C)(C)COP(=O)(O)OP(=O)(O)OC[C@H]1O[C@@H](n2cnc3c(N)ncnc32)[C@H](O)[C@@H]1OP(=O)(O)O. The van der Waals surface area contributed by atoms with Crippen LogP contribution in [0.15, 0.2) is 24.8 Å². The van der Waals surface area contributed by atoms with Gasteiger partial charge in [-0.1, -0.05) is 76.8 Å². The van der Waals surface area contributed by atoms with Crippen LogP contribution in [0.3, 0.4) is 0 Å². The van der Waals surface area contributed by atoms with E-state index >= 15 is 0 Å². The summed E-state index contributed by atoms with van der Waals surface area (Å²) < 4.78 is 62.3. The number of carbonyl (C=O) groups is 4. The van der Waals surface area contributed by atoms with E-state index in [4.69, 9.17) is 19.5 Å². The minimum atomic E-state index is -5.59. The van der Waals surface area contributed by atoms with Crippen LogP contribution in [0, 0.1) is 5.41 Å². The first kappa shape index (κ1) is 57.3. The van der Waals surface area contributed by atoms with E-state index in [1.165, 1.54) is 46.0 Å². The van der Waals surface area contributed by atoms with Crippen LogP contribution in [0.5, 0.6) is 0 Å². The zero-order valence-electron chi connectivity index (χ0n) is 36.9. The molecule has 2 unspecified atom stereocenters. The van der Waals surface area contributed by atoms with Gasteiger partial charge in [0.15, 0.2) is 22.8 Å². The Morgan fingerprint density at radius 2 is 1.61 bits per heavy atom. The van der Waals surface area contributed by atoms with Crippen molar-refractivity contribution in [2.45, 2.75) is 128 Å². The second-order valence-corrected chi connectivity index (χ2v) is 21.3. The van der Waals surface area contributed by atoms with Gasteiger partial charge in [0.2, 0.25) is 11.8 Å². The third-order valence-electron chi connectivity index (χ3n) is 9.82. The number of aliphatic hydroxyl groups excluding tert-OH is 2. The maximum absolute atomic E-state index is 12.7. The van der Waals surface area contributed by atoms with Crippen molar-refractivity contribution in [3.8, 4) is 0 Å². The molecule has 0 saturated carbocycles. The van der Waals surface area contributed by atoms with E-state index in [1.807, 2.05) is 0 Å². The summed E-state index contributed by atoms with van der Waals surface area (Å²) in [6.45, 7) is 2.51. The van der Waals surface area contributed by atoms with Gasteiger partial charge in [-0.3, -0.25) is 37.3 Å². The summed E-state index contributed by atoms with van der Waals surface area (Å²) in [7, 11) is -16.4. The Bertz CT molecular complexity index is 2090. The van der Waals surface area contributed by atoms with Crippen LogP contribution in [0.1, 0.15) is 104 Å². The average molecular weight is 1020 g/mol. The molecule has 2 aromatic rings. The molecule has 3 rings (SSSR count). The van der Waals surface area contributed by atoms with E-state index in [1.54, 1.807) is 0 Å². The van der Waals surface area contributed by atoms with Gasteiger partial charge in [-0.25, -0.2) is 28.6 Å². The van der Waals surface area contributed by atoms with Crippen molar-refractivity contribution in [2.75, 3.05) is 37.8 Å². The fraction of sp³-hybridized carbons (Fsp3) is 0.703. The van der Waals surface area contributed by atoms with Crippen LogP contribution in [-0.4, -0.2) is 128 Å². The molecule has 0 bridgehead atoms. The molecule has 0 aromatic carbocycles. The van der Waals surface area contributed by atoms with Crippen LogP contribution >= 0.6 is 35.2 Å². The number of ketones is 1. The topological polar surface area (TPSA) is 381 Å². The fourth-order valence-corrected chi connectivity index (χ4v) is 9.81. The third kappa shape index (κ3) is 20.3. The second kappa shape index (κ2) is 27.2. The van der Waals surface area contributed by atoms with Crippen LogP contribution < -0.4 is 16.4 Å². The molecular weight excluding hydrogens is 955 g/mol. The van der Waals surface area contributed by atoms with E-state index in [0.29, 0.717) is 12.8 Å². The Kier molecular flexibility index (Phi) is 23.6. The number of anilines is 1. The molecule has 25 nitrogen and oxygen atoms in total. The molecule has 66 heavy (non-hydrogen) atoms. The smallest absolute Gasteiger partial charge is 0.386 e. The van der Waals surface area contributed by atoms with E-state index in [0.717, 1.165) is 48.2 Å². The maximum atomic E-state index is 12.7. The van der Waals surface area contributed by atoms with Gasteiger partial charge in [-0.15, -0.1) is 0 Å². The number of aromatic nitrogens is 4. The van der Waals surface area contributed by atoms with Gasteiger partial charge < -0.3 is 50.9 Å². The molecule has 374 valence electrons. The summed E-state index contributed by atoms with van der Waals surface area (Å²) >= 11 is 0.923. The number of hydrogen-bond donors (Lipinski definition) is 9. The van der Waals surface area contributed by atoms with Gasteiger partial charge in [-0.05, 0) is 25.7 Å². The monoisotopic (exact) mass is 1020 g/mol. The summed E-state index contributed by atoms with van der Waals surface area (Å²) in [6.07, 6.45) is 7.22. The Morgan fingerprint density at radius 1 is 0.939 bits per heavy atom. The van der Waals surface area contributed by atoms with E-state index in [-0.39, 0.29) is 59.6 Å². The summed E-state index contributed by atoms with van der Waals surface area (Å²) in [4.78, 5) is 100. The second-order valence-electron chi connectivity index (χ2n) is 15.9. The molecule has 1 aliphatic heterocycles. The number of phosphoric acid groups is 3. The molecular formula is C37H62N7O18P3S. The highest BCUT2D eigenvalue weighted by Gasteiger charge is 2.50. The quantitative estimate of drug-likeness (QED) is 0.0220. The van der Waals surface area contributed by atoms with Crippen LogP contribution in [0.2, 0.25) is 0 Å². The molecule has 0 aliphatic carbocycles. The predicted molar refractivity (Wildman–Crippen MR) is 238 cm³/mol. The summed E-state index contributed by atoms with van der Waals surface area (Å²) in [6, 6.07) is 0. The minimum Gasteiger partial charge on any atom is -0.386 e. The van der Waals surface area contributed by atoms with Crippen molar-refractivity contribution >= 4 is 74.9 Å². The molecule has 29 heteroatoms. The number of thioether (sulfide) groups is 1. The lowest BCUT2D eigenvalue weighted by molar-refractivity contribution is -0.137. The number of carbonyl (C=O) groups excluding carboxylic acids is 4. The Labute approximate surface area is 385 Å². The van der Waals surface area contributed by atoms with E-state index in [2.05, 4.69) is 53.5 Å². The number of nitrogens with one attached hydrogen (secondary N) is 2. The average Bonchev–Trinajstić information content (AvgIpc) is 3.79. The number of phosphoric ester groups is 3. The third-order valence-corrected chi connectivity index (χ3v) is 13.8. The number of hydrogen-bond acceptors (Lipinski definition) is 19. The Hall–Kier alpha value is -3.03. The van der Waals surface area contributed by atoms with Crippen molar-refractivity contribution in [1.82, 2.24) is 30.2 Å². The number of Topliss-reactive ketones (excluding diaryl/α,β-unsaturated/α-hetero) is 1. The normalized spacial score (nSPS) is 20.3. The van der Waals surface area contributed by atoms with Gasteiger partial charge in [0.05, 0.1) is 26.0 Å². The summed E-state index contributed by atoms with van der Waals surface area (Å²) in [5, 5.41) is 26.1. The lowest BCUT2D eigenvalue weighted by atomic mass is 9.87. The number of fused-ring (bicyclic) bond motifs is 1. The van der Waals surface area contributed by atoms with Gasteiger partial charge in [0, 0.05) is 37.1 Å². The van der Waals surface area contributed by atoms with E-state index in [9.17, 15) is 62.7 Å². The van der Waals surface area contributed by atoms with Crippen LogP contribution in [-0.2, 0) is 55.5 Å². The fourth-order valence-electron chi connectivity index (χ4n) is 6.29. The number of imidazole rings is 1. The lowest BCUT2D eigenvalue weighted by Gasteiger charge is -2.30. The highest BCUT2D eigenvalue weighted by Crippen LogP contribution is 2.61. The standard InChI is InChI=1S/C37H62N7O18P3S/c1-4-5-6-7-8-9-10-11-12-13-14-15-25(45)20-28(47)66-19-18-39-27(46)16-17-40-35(50)32(49)37(2,3)22-59-65(56,57)62-64(54,55)58-21-26-31(61-63(51,52)53)30(48)36(60-26)44-24-43-29-33(38)41-23-42-34(29)44/h11-12,23-24,26,30-32,36,48-49H,4-10,13-22H2,1-3H3,(H,39,46)(H,40,50)(H,54,55)(H,56,57)(H2,38,41,42)(H2,51,52,53)/b12-11-/t26-,30-,31-,32+,36-/m1/s1. The van der Waals surface area contributed by atoms with Crippen molar-refractivity contribution < 1.29 is 85.3 Å². The highest BCUT2D eigenvalue weighted by atomic mass is 32.2. The highest BCUT2D eigenvalue weighted by molar-refractivity contribution is 8.13. The molecule has 7 atom stereocenters. The number of rotatable bonds is 32. The first-order valence-electron chi connectivity index (χ1n) is 21.2. The Morgan fingerprint density at radius 3 is 2.30 bits per heavy atom. The Balaban J connectivity index is 1.35. The molecule has 2 aromatic heterocycles. The molecule has 1 saturated heterocycles. The first-order chi connectivity index (χ1) is 30.9. The lowest BCUT2D eigenvalue weighted by Crippen LogP contribution is -2.46. The molecule has 3 heterocycles. The largest absolute Gasteiger partial charge is 0.481 e. The summed E-state index contributed by atoms with van der Waals surface area (Å²) in [5.41, 5.74) is 4.24. The first-order valence-corrected chi connectivity index (χ1v) is 26.7. The number of aliphatic hydroxyl groups is 2. The van der Waals surface area contributed by atoms with E-state index < -0.39 is 84.6 Å². The zero-order valence-corrected chi connectivity index (χ0v) is 40.4. The van der Waals surface area contributed by atoms with Crippen molar-refractivity contribution in [3.63, 3.8) is 0 Å². The number of nitrogens with zero attached hydrogens (tertiary/aromatic N) is 4. The maximum Gasteiger partial charge on any atom is 0.481 e. The predicted octanol–water partition coefficient (Wildman–Crippen LogP) is 3.10. The minimum absolute atomic E-state index is 0.0251. The van der Waals surface area contributed by atoms with Crippen molar-refractivity contribution in [3.05, 3.63) is 24.8 Å². The zero-order chi connectivity index (χ0) is 49.1. The van der Waals surface area contributed by atoms with Crippen molar-refractivity contribution in [1.29, 1.82) is 0 Å².